The van der Waals surface area contributed by atoms with E-state index in [-0.39, 0.29) is 0 Å². The number of rotatable bonds is 28. The zero-order valence-corrected chi connectivity index (χ0v) is 20.3. The van der Waals surface area contributed by atoms with Gasteiger partial charge in [0.1, 0.15) is 0 Å². The van der Waals surface area contributed by atoms with Crippen LogP contribution in [0.15, 0.2) is 0 Å². The maximum absolute atomic E-state index is 7.11. The predicted octanol–water partition coefficient (Wildman–Crippen LogP) is -3.63. The van der Waals surface area contributed by atoms with Crippen molar-refractivity contribution >= 4 is 6.21 Å². The molecule has 0 aromatic heterocycles. The van der Waals surface area contributed by atoms with Crippen molar-refractivity contribution in [3.8, 4) is 0 Å². The fourth-order valence-corrected chi connectivity index (χ4v) is 3.01. The third kappa shape index (κ3) is 25.5. The molecule has 0 saturated heterocycles. The first-order chi connectivity index (χ1) is 15.8. The molecule has 0 amide bonds. The van der Waals surface area contributed by atoms with Crippen molar-refractivity contribution in [2.75, 3.05) is 124 Å². The minimum Gasteiger partial charge on any atom is -0.329 e. The minimum absolute atomic E-state index is 0.690. The summed E-state index contributed by atoms with van der Waals surface area (Å²) in [7, 11) is 0. The van der Waals surface area contributed by atoms with Gasteiger partial charge in [0.15, 0.2) is 0 Å². The van der Waals surface area contributed by atoms with Gasteiger partial charge in [-0.25, -0.2) is 0 Å². The summed E-state index contributed by atoms with van der Waals surface area (Å²) >= 11 is 0. The first-order valence-electron chi connectivity index (χ1n) is 12.4. The molecule has 0 aliphatic rings. The van der Waals surface area contributed by atoms with Crippen molar-refractivity contribution in [2.24, 2.45) is 11.5 Å². The normalized spacial score (nSPS) is 11.5. The molecule has 192 valence electrons. The second-order valence-corrected chi connectivity index (χ2v) is 7.66. The summed E-state index contributed by atoms with van der Waals surface area (Å²) in [6, 6.07) is 0. The minimum atomic E-state index is 0.690. The monoisotopic (exact) mass is 459 g/mol. The number of nitrogens with one attached hydrogen (secondary N) is 8. The molecular weight excluding hydrogens is 406 g/mol. The molecule has 11 heteroatoms. The Morgan fingerprint density at radius 1 is 0.469 bits per heavy atom. The summed E-state index contributed by atoms with van der Waals surface area (Å²) in [4.78, 5) is 2.49. The topological polar surface area (TPSA) is 163 Å². The molecule has 0 fully saturated rings. The van der Waals surface area contributed by atoms with Crippen molar-refractivity contribution in [3.63, 3.8) is 0 Å². The molecule has 0 aliphatic carbocycles. The molecule has 11 nitrogen and oxygen atoms in total. The van der Waals surface area contributed by atoms with Crippen LogP contribution in [0.5, 0.6) is 0 Å². The van der Waals surface area contributed by atoms with Crippen LogP contribution in [0.1, 0.15) is 6.42 Å². The van der Waals surface area contributed by atoms with Gasteiger partial charge < -0.3 is 54.1 Å². The molecule has 32 heavy (non-hydrogen) atoms. The first-order valence-corrected chi connectivity index (χ1v) is 12.4. The fourth-order valence-electron chi connectivity index (χ4n) is 3.01. The Kier molecular flexibility index (Phi) is 27.7. The van der Waals surface area contributed by atoms with Crippen molar-refractivity contribution in [3.05, 3.63) is 0 Å². The van der Waals surface area contributed by atoms with E-state index in [1.54, 1.807) is 0 Å². The molecule has 0 aliphatic heterocycles. The lowest BCUT2D eigenvalue weighted by Crippen LogP contribution is -2.42. The van der Waals surface area contributed by atoms with E-state index >= 15 is 0 Å². The van der Waals surface area contributed by atoms with E-state index < -0.39 is 0 Å². The Hall–Kier alpha value is -0.730. The van der Waals surface area contributed by atoms with Gasteiger partial charge >= 0.3 is 0 Å². The van der Waals surface area contributed by atoms with Crippen LogP contribution >= 0.6 is 0 Å². The van der Waals surface area contributed by atoms with Crippen molar-refractivity contribution in [1.82, 2.24) is 42.1 Å². The number of nitrogens with zero attached hydrogens (tertiary/aromatic N) is 1. The Balaban J connectivity index is 3.75. The number of nitrogens with two attached hydrogens (primary N) is 2. The van der Waals surface area contributed by atoms with Gasteiger partial charge in [0, 0.05) is 124 Å². The summed E-state index contributed by atoms with van der Waals surface area (Å²) in [5.41, 5.74) is 10.9. The van der Waals surface area contributed by atoms with Crippen molar-refractivity contribution in [2.45, 2.75) is 6.42 Å². The molecule has 0 atom stereocenters. The van der Waals surface area contributed by atoms with E-state index in [1.165, 1.54) is 6.21 Å². The molecule has 0 spiro atoms. The quantitative estimate of drug-likeness (QED) is 0.0417. The van der Waals surface area contributed by atoms with Crippen LogP contribution in [0.4, 0.5) is 0 Å². The molecule has 0 saturated carbocycles. The van der Waals surface area contributed by atoms with Crippen LogP contribution in [-0.2, 0) is 0 Å². The fraction of sp³-hybridized carbons (Fsp3) is 0.952. The maximum Gasteiger partial charge on any atom is 0.0108 e. The van der Waals surface area contributed by atoms with E-state index in [4.69, 9.17) is 16.9 Å². The number of hydrogen-bond donors (Lipinski definition) is 10. The molecule has 0 radical (unpaired) electrons. The molecule has 0 unspecified atom stereocenters. The molecule has 0 aromatic rings. The van der Waals surface area contributed by atoms with Gasteiger partial charge in [0.2, 0.25) is 0 Å². The molecule has 12 N–H and O–H groups in total. The highest BCUT2D eigenvalue weighted by Gasteiger charge is 2.04. The molecule has 0 heterocycles. The van der Waals surface area contributed by atoms with E-state index in [0.717, 1.165) is 118 Å². The SMILES string of the molecule is N=CCCNCCN(CCNCCNCCNCCN)CCNCCNCCNCCN. The second kappa shape index (κ2) is 28.3. The highest BCUT2D eigenvalue weighted by molar-refractivity contribution is 5.52. The summed E-state index contributed by atoms with van der Waals surface area (Å²) < 4.78 is 0. The summed E-state index contributed by atoms with van der Waals surface area (Å²) in [6.07, 6.45) is 2.26. The van der Waals surface area contributed by atoms with Crippen LogP contribution in [0.3, 0.4) is 0 Å². The van der Waals surface area contributed by atoms with Gasteiger partial charge in [0.25, 0.3) is 0 Å². The highest BCUT2D eigenvalue weighted by Crippen LogP contribution is 1.86. The van der Waals surface area contributed by atoms with Gasteiger partial charge in [-0.15, -0.1) is 0 Å². The summed E-state index contributed by atoms with van der Waals surface area (Å²) in [5.74, 6) is 0. The standard InChI is InChI=1S/C21H53N11/c22-2-1-5-25-16-19-32(20-17-30-14-12-28-10-8-26-6-3-23)21-18-31-15-13-29-11-9-27-7-4-24/h2,22,25-31H,1,3-21,23-24H2. The van der Waals surface area contributed by atoms with E-state index in [1.807, 2.05) is 0 Å². The lowest BCUT2D eigenvalue weighted by Gasteiger charge is -2.23. The van der Waals surface area contributed by atoms with Gasteiger partial charge in [-0.1, -0.05) is 0 Å². The van der Waals surface area contributed by atoms with E-state index in [2.05, 4.69) is 42.1 Å². The van der Waals surface area contributed by atoms with Crippen LogP contribution in [0.25, 0.3) is 0 Å². The van der Waals surface area contributed by atoms with Gasteiger partial charge in [-0.3, -0.25) is 4.90 Å². The van der Waals surface area contributed by atoms with Crippen LogP contribution in [0, 0.1) is 5.41 Å². The van der Waals surface area contributed by atoms with Gasteiger partial charge in [-0.05, 0) is 12.6 Å². The third-order valence-electron chi connectivity index (χ3n) is 4.84. The highest BCUT2D eigenvalue weighted by atomic mass is 15.2. The van der Waals surface area contributed by atoms with Crippen LogP contribution in [-0.4, -0.2) is 135 Å². The lowest BCUT2D eigenvalue weighted by molar-refractivity contribution is 0.272. The molecule has 0 bridgehead atoms. The Morgan fingerprint density at radius 3 is 1.12 bits per heavy atom. The van der Waals surface area contributed by atoms with Crippen LogP contribution in [0.2, 0.25) is 0 Å². The zero-order valence-electron chi connectivity index (χ0n) is 20.3. The Morgan fingerprint density at radius 2 is 0.781 bits per heavy atom. The smallest absolute Gasteiger partial charge is 0.0108 e. The van der Waals surface area contributed by atoms with Gasteiger partial charge in [0.05, 0.1) is 0 Å². The van der Waals surface area contributed by atoms with E-state index in [0.29, 0.717) is 13.1 Å². The largest absolute Gasteiger partial charge is 0.329 e. The van der Waals surface area contributed by atoms with Crippen molar-refractivity contribution < 1.29 is 0 Å². The zero-order chi connectivity index (χ0) is 23.4. The van der Waals surface area contributed by atoms with Crippen LogP contribution < -0.4 is 48.7 Å². The summed E-state index contributed by atoms with van der Waals surface area (Å²) in [5, 5.41) is 31.0. The average Bonchev–Trinajstić information content (AvgIpc) is 2.80. The summed E-state index contributed by atoms with van der Waals surface area (Å²) in [6.45, 7) is 17.8. The van der Waals surface area contributed by atoms with Gasteiger partial charge in [-0.2, -0.15) is 0 Å². The average molecular weight is 460 g/mol. The van der Waals surface area contributed by atoms with Crippen molar-refractivity contribution in [1.29, 1.82) is 5.41 Å². The number of hydrogen-bond acceptors (Lipinski definition) is 11. The lowest BCUT2D eigenvalue weighted by atomic mass is 10.4. The predicted molar refractivity (Wildman–Crippen MR) is 138 cm³/mol. The Bertz CT molecular complexity index is 337. The Labute approximate surface area is 196 Å². The first kappa shape index (κ1) is 31.3. The molecule has 0 rings (SSSR count). The van der Waals surface area contributed by atoms with E-state index in [9.17, 15) is 0 Å². The molecular formula is C21H53N11. The second-order valence-electron chi connectivity index (χ2n) is 7.66. The molecule has 0 aromatic carbocycles. The third-order valence-corrected chi connectivity index (χ3v) is 4.84. The maximum atomic E-state index is 7.11.